The summed E-state index contributed by atoms with van der Waals surface area (Å²) in [6, 6.07) is 8.38. The fourth-order valence-corrected chi connectivity index (χ4v) is 3.38. The van der Waals surface area contributed by atoms with Crippen molar-refractivity contribution in [1.82, 2.24) is 0 Å². The Morgan fingerprint density at radius 2 is 1.65 bits per heavy atom. The van der Waals surface area contributed by atoms with Crippen LogP contribution in [0.5, 0.6) is 0 Å². The smallest absolute Gasteiger partial charge is 0.264 e. The maximum Gasteiger partial charge on any atom is 0.264 e. The third kappa shape index (κ3) is 3.31. The zero-order chi connectivity index (χ0) is 14.9. The van der Waals surface area contributed by atoms with Gasteiger partial charge in [0.25, 0.3) is 10.0 Å². The number of rotatable bonds is 3. The van der Waals surface area contributed by atoms with Gasteiger partial charge in [-0.15, -0.1) is 0 Å². The molecular weight excluding hydrogens is 415 g/mol. The van der Waals surface area contributed by atoms with Gasteiger partial charge in [-0.25, -0.2) is 12.8 Å². The first-order chi connectivity index (χ1) is 9.29. The summed E-state index contributed by atoms with van der Waals surface area (Å²) in [4.78, 5) is -0.442. The van der Waals surface area contributed by atoms with Gasteiger partial charge in [0.05, 0.1) is 11.4 Å². The molecule has 2 rings (SSSR count). The van der Waals surface area contributed by atoms with Crippen molar-refractivity contribution in [2.75, 3.05) is 10.5 Å². The van der Waals surface area contributed by atoms with E-state index >= 15 is 0 Å². The van der Waals surface area contributed by atoms with E-state index in [1.165, 1.54) is 18.2 Å². The fourth-order valence-electron chi connectivity index (χ4n) is 1.52. The average Bonchev–Trinajstić information content (AvgIpc) is 2.32. The van der Waals surface area contributed by atoms with Gasteiger partial charge in [-0.2, -0.15) is 0 Å². The summed E-state index contributed by atoms with van der Waals surface area (Å²) in [6.07, 6.45) is 0. The van der Waals surface area contributed by atoms with Crippen LogP contribution in [-0.2, 0) is 10.0 Å². The summed E-state index contributed by atoms with van der Waals surface area (Å²) >= 11 is 6.29. The van der Waals surface area contributed by atoms with Gasteiger partial charge in [0, 0.05) is 8.95 Å². The van der Waals surface area contributed by atoms with Crippen LogP contribution in [0, 0.1) is 5.82 Å². The summed E-state index contributed by atoms with van der Waals surface area (Å²) in [7, 11) is -4.04. The molecule has 8 heteroatoms. The normalized spacial score (nSPS) is 11.3. The highest BCUT2D eigenvalue weighted by Crippen LogP contribution is 2.27. The van der Waals surface area contributed by atoms with Crippen LogP contribution in [0.4, 0.5) is 15.8 Å². The second-order valence-electron chi connectivity index (χ2n) is 3.91. The lowest BCUT2D eigenvalue weighted by molar-refractivity contribution is 0.570. The Balaban J connectivity index is 2.41. The van der Waals surface area contributed by atoms with E-state index in [0.29, 0.717) is 8.95 Å². The minimum atomic E-state index is -4.04. The Morgan fingerprint density at radius 1 is 1.05 bits per heavy atom. The molecule has 0 radical (unpaired) electrons. The van der Waals surface area contributed by atoms with Crippen LogP contribution >= 0.6 is 31.9 Å². The van der Waals surface area contributed by atoms with Gasteiger partial charge in [-0.05, 0) is 36.4 Å². The minimum absolute atomic E-state index is 0.190. The second-order valence-corrected chi connectivity index (χ2v) is 7.39. The number of sulfonamides is 1. The minimum Gasteiger partial charge on any atom is -0.397 e. The topological polar surface area (TPSA) is 72.2 Å². The molecule has 0 fully saturated rings. The predicted octanol–water partition coefficient (Wildman–Crippen LogP) is 3.73. The van der Waals surface area contributed by atoms with Crippen LogP contribution in [0.15, 0.2) is 50.2 Å². The Labute approximate surface area is 132 Å². The number of hydrogen-bond donors (Lipinski definition) is 2. The zero-order valence-corrected chi connectivity index (χ0v) is 13.9. The van der Waals surface area contributed by atoms with Gasteiger partial charge >= 0.3 is 0 Å². The van der Waals surface area contributed by atoms with Gasteiger partial charge in [0.2, 0.25) is 0 Å². The number of halogens is 3. The van der Waals surface area contributed by atoms with E-state index in [1.807, 2.05) is 0 Å². The third-order valence-electron chi connectivity index (χ3n) is 2.44. The molecular formula is C12H9Br2FN2O2S. The molecule has 0 amide bonds. The number of nitrogens with one attached hydrogen (secondary N) is 1. The van der Waals surface area contributed by atoms with Gasteiger partial charge in [0.15, 0.2) is 0 Å². The SMILES string of the molecule is Nc1cc(Br)ccc1NS(=O)(=O)c1ccc(Br)cc1F. The van der Waals surface area contributed by atoms with E-state index in [9.17, 15) is 12.8 Å². The molecule has 0 saturated carbocycles. The summed E-state index contributed by atoms with van der Waals surface area (Å²) in [5, 5.41) is 0. The highest BCUT2D eigenvalue weighted by Gasteiger charge is 2.20. The Hall–Kier alpha value is -1.12. The molecule has 20 heavy (non-hydrogen) atoms. The summed E-state index contributed by atoms with van der Waals surface area (Å²) < 4.78 is 41.4. The number of anilines is 2. The monoisotopic (exact) mass is 422 g/mol. The van der Waals surface area contributed by atoms with Crippen molar-refractivity contribution in [3.8, 4) is 0 Å². The summed E-state index contributed by atoms with van der Waals surface area (Å²) in [5.74, 6) is -0.845. The second kappa shape index (κ2) is 5.71. The van der Waals surface area contributed by atoms with Gasteiger partial charge < -0.3 is 5.73 Å². The lowest BCUT2D eigenvalue weighted by Crippen LogP contribution is -2.15. The van der Waals surface area contributed by atoms with Gasteiger partial charge in [-0.1, -0.05) is 31.9 Å². The van der Waals surface area contributed by atoms with E-state index in [4.69, 9.17) is 5.73 Å². The van der Waals surface area contributed by atoms with E-state index in [1.54, 1.807) is 12.1 Å². The van der Waals surface area contributed by atoms with E-state index in [2.05, 4.69) is 36.6 Å². The van der Waals surface area contributed by atoms with Crippen molar-refractivity contribution in [3.63, 3.8) is 0 Å². The lowest BCUT2D eigenvalue weighted by Gasteiger charge is -2.11. The highest BCUT2D eigenvalue weighted by molar-refractivity contribution is 9.10. The molecule has 0 aliphatic carbocycles. The number of nitrogen functional groups attached to an aromatic ring is 1. The first-order valence-electron chi connectivity index (χ1n) is 5.32. The Morgan fingerprint density at radius 3 is 2.25 bits per heavy atom. The number of nitrogens with two attached hydrogens (primary N) is 1. The van der Waals surface area contributed by atoms with Crippen LogP contribution in [0.1, 0.15) is 0 Å². The van der Waals surface area contributed by atoms with Crippen molar-refractivity contribution in [3.05, 3.63) is 51.2 Å². The summed E-state index contributed by atoms with van der Waals surface area (Å²) in [5.41, 5.74) is 6.14. The third-order valence-corrected chi connectivity index (χ3v) is 4.83. The molecule has 2 aromatic carbocycles. The molecule has 3 N–H and O–H groups in total. The molecule has 106 valence electrons. The largest absolute Gasteiger partial charge is 0.397 e. The van der Waals surface area contributed by atoms with E-state index in [-0.39, 0.29) is 11.4 Å². The van der Waals surface area contributed by atoms with Crippen molar-refractivity contribution in [2.24, 2.45) is 0 Å². The fraction of sp³-hybridized carbons (Fsp3) is 0. The molecule has 0 aliphatic heterocycles. The maximum atomic E-state index is 13.7. The lowest BCUT2D eigenvalue weighted by atomic mass is 10.3. The molecule has 0 aliphatic rings. The molecule has 4 nitrogen and oxygen atoms in total. The van der Waals surface area contributed by atoms with Crippen LogP contribution < -0.4 is 10.5 Å². The van der Waals surface area contributed by atoms with Crippen molar-refractivity contribution in [1.29, 1.82) is 0 Å². The van der Waals surface area contributed by atoms with E-state index in [0.717, 1.165) is 6.07 Å². The molecule has 0 atom stereocenters. The van der Waals surface area contributed by atoms with Crippen LogP contribution in [-0.4, -0.2) is 8.42 Å². The molecule has 0 saturated heterocycles. The Bertz CT molecular complexity index is 766. The molecule has 2 aromatic rings. The zero-order valence-electron chi connectivity index (χ0n) is 9.90. The van der Waals surface area contributed by atoms with Crippen molar-refractivity contribution < 1.29 is 12.8 Å². The molecule has 0 heterocycles. The molecule has 0 spiro atoms. The van der Waals surface area contributed by atoms with Crippen molar-refractivity contribution in [2.45, 2.75) is 4.90 Å². The molecule has 0 aromatic heterocycles. The number of benzene rings is 2. The van der Waals surface area contributed by atoms with Crippen LogP contribution in [0.3, 0.4) is 0 Å². The van der Waals surface area contributed by atoms with E-state index < -0.39 is 20.7 Å². The number of hydrogen-bond acceptors (Lipinski definition) is 3. The average molecular weight is 424 g/mol. The molecule has 0 bridgehead atoms. The Kier molecular flexibility index (Phi) is 4.36. The summed E-state index contributed by atoms with van der Waals surface area (Å²) in [6.45, 7) is 0. The molecule has 0 unspecified atom stereocenters. The standard InChI is InChI=1S/C12H9Br2FN2O2S/c13-7-2-4-12(9(15)5-7)20(18,19)17-11-3-1-8(14)6-10(11)16/h1-6,17H,16H2. The van der Waals surface area contributed by atoms with Gasteiger partial charge in [0.1, 0.15) is 10.7 Å². The van der Waals surface area contributed by atoms with Gasteiger partial charge in [-0.3, -0.25) is 4.72 Å². The predicted molar refractivity (Wildman–Crippen MR) is 83.5 cm³/mol. The van der Waals surface area contributed by atoms with Crippen LogP contribution in [0.25, 0.3) is 0 Å². The van der Waals surface area contributed by atoms with Crippen LogP contribution in [0.2, 0.25) is 0 Å². The quantitative estimate of drug-likeness (QED) is 0.738. The highest BCUT2D eigenvalue weighted by atomic mass is 79.9. The first-order valence-corrected chi connectivity index (χ1v) is 8.39. The maximum absolute atomic E-state index is 13.7. The van der Waals surface area contributed by atoms with Crippen molar-refractivity contribution >= 4 is 53.3 Å². The first kappa shape index (κ1) is 15.3.